The maximum absolute atomic E-state index is 14.4. The lowest BCUT2D eigenvalue weighted by molar-refractivity contribution is 0.258. The molecule has 5 rings (SSSR count). The number of nitrogens with one attached hydrogen (secondary N) is 2. The van der Waals surface area contributed by atoms with Crippen molar-refractivity contribution in [1.82, 2.24) is 10.3 Å². The molecule has 27 heavy (non-hydrogen) atoms. The first-order chi connectivity index (χ1) is 13.0. The van der Waals surface area contributed by atoms with Crippen molar-refractivity contribution in [2.24, 2.45) is 4.99 Å². The molecule has 0 spiro atoms. The van der Waals surface area contributed by atoms with Gasteiger partial charge in [0.05, 0.1) is 12.9 Å². The van der Waals surface area contributed by atoms with Crippen molar-refractivity contribution >= 4 is 23.9 Å². The Morgan fingerprint density at radius 3 is 2.78 bits per heavy atom. The Morgan fingerprint density at radius 1 is 1.15 bits per heavy atom. The summed E-state index contributed by atoms with van der Waals surface area (Å²) in [5, 5.41) is 6.69. The smallest absolute Gasteiger partial charge is 0.176 e. The van der Waals surface area contributed by atoms with Crippen molar-refractivity contribution in [3.05, 3.63) is 59.6 Å². The molecule has 3 aliphatic heterocycles. The quantitative estimate of drug-likeness (QED) is 0.810. The van der Waals surface area contributed by atoms with Gasteiger partial charge in [0.15, 0.2) is 17.3 Å². The van der Waals surface area contributed by atoms with E-state index in [0.717, 1.165) is 5.56 Å². The monoisotopic (exact) mass is 371 g/mol. The number of piperidine rings is 1. The first kappa shape index (κ1) is 16.2. The Hall–Kier alpha value is -3.03. The van der Waals surface area contributed by atoms with E-state index in [1.165, 1.54) is 0 Å². The van der Waals surface area contributed by atoms with Crippen molar-refractivity contribution in [2.75, 3.05) is 23.3 Å². The lowest BCUT2D eigenvalue weighted by atomic mass is 9.78. The van der Waals surface area contributed by atoms with E-state index in [1.54, 1.807) is 17.4 Å². The van der Waals surface area contributed by atoms with E-state index >= 15 is 0 Å². The minimum Gasteiger partial charge on any atom is -0.363 e. The molecule has 0 bridgehead atoms. The molecule has 4 heterocycles. The largest absolute Gasteiger partial charge is 0.363 e. The van der Waals surface area contributed by atoms with E-state index < -0.39 is 28.7 Å². The van der Waals surface area contributed by atoms with Crippen LogP contribution in [0.4, 0.5) is 24.7 Å². The average Bonchev–Trinajstić information content (AvgIpc) is 2.92. The van der Waals surface area contributed by atoms with Crippen LogP contribution < -0.4 is 15.5 Å². The van der Waals surface area contributed by atoms with Crippen LogP contribution in [-0.2, 0) is 0 Å². The molecule has 1 aromatic carbocycles. The number of hydrogen-bond donors (Lipinski definition) is 2. The standard InChI is InChI=1S/C19H16F3N5/c20-13-8-14(21)16(15(22)9-13)27-7-5-18-4-3-12-2-1-6-23-17(12)26-19(18,10-27)25-11-24-18/h1-4,6,8-9,11H,5,7,10H2,(H,23,26)(H,24,25). The Kier molecular flexibility index (Phi) is 3.28. The summed E-state index contributed by atoms with van der Waals surface area (Å²) in [6, 6.07) is 5.18. The van der Waals surface area contributed by atoms with Crippen LogP contribution in [0.25, 0.3) is 6.08 Å². The second-order valence-corrected chi connectivity index (χ2v) is 7.02. The zero-order valence-electron chi connectivity index (χ0n) is 14.2. The molecule has 5 nitrogen and oxygen atoms in total. The van der Waals surface area contributed by atoms with Gasteiger partial charge in [-0.15, -0.1) is 0 Å². The third-order valence-electron chi connectivity index (χ3n) is 5.55. The third kappa shape index (κ3) is 2.25. The first-order valence-corrected chi connectivity index (χ1v) is 8.65. The number of benzene rings is 1. The van der Waals surface area contributed by atoms with Gasteiger partial charge in [0, 0.05) is 30.4 Å². The number of aliphatic imine (C=N–C) groups is 1. The summed E-state index contributed by atoms with van der Waals surface area (Å²) in [6.07, 6.45) is 7.85. The average molecular weight is 371 g/mol. The molecule has 0 amide bonds. The molecule has 0 radical (unpaired) electrons. The van der Waals surface area contributed by atoms with Gasteiger partial charge < -0.3 is 15.5 Å². The molecule has 2 unspecified atom stereocenters. The van der Waals surface area contributed by atoms with Crippen molar-refractivity contribution in [1.29, 1.82) is 0 Å². The van der Waals surface area contributed by atoms with Crippen molar-refractivity contribution in [3.63, 3.8) is 0 Å². The van der Waals surface area contributed by atoms with Crippen LogP contribution in [-0.4, -0.2) is 35.6 Å². The summed E-state index contributed by atoms with van der Waals surface area (Å²) in [4.78, 5) is 10.6. The number of nitrogens with zero attached hydrogens (tertiary/aromatic N) is 3. The summed E-state index contributed by atoms with van der Waals surface area (Å²) in [6.45, 7) is 0.573. The normalized spacial score (nSPS) is 27.9. The Bertz CT molecular complexity index is 968. The van der Waals surface area contributed by atoms with Crippen LogP contribution in [0.5, 0.6) is 0 Å². The van der Waals surface area contributed by atoms with Gasteiger partial charge >= 0.3 is 0 Å². The molecular formula is C19H16F3N5. The van der Waals surface area contributed by atoms with Gasteiger partial charge in [-0.2, -0.15) is 0 Å². The summed E-state index contributed by atoms with van der Waals surface area (Å²) in [7, 11) is 0. The number of anilines is 2. The fourth-order valence-corrected chi connectivity index (χ4v) is 4.18. The molecule has 0 aliphatic carbocycles. The van der Waals surface area contributed by atoms with Gasteiger partial charge in [0.1, 0.15) is 22.9 Å². The van der Waals surface area contributed by atoms with Crippen LogP contribution in [0, 0.1) is 17.5 Å². The zero-order valence-corrected chi connectivity index (χ0v) is 14.2. The van der Waals surface area contributed by atoms with Crippen LogP contribution in [0.3, 0.4) is 0 Å². The van der Waals surface area contributed by atoms with E-state index in [1.807, 2.05) is 24.3 Å². The third-order valence-corrected chi connectivity index (χ3v) is 5.55. The van der Waals surface area contributed by atoms with Crippen molar-refractivity contribution in [3.8, 4) is 0 Å². The van der Waals surface area contributed by atoms with Crippen LogP contribution in [0.1, 0.15) is 12.0 Å². The molecule has 8 heteroatoms. The van der Waals surface area contributed by atoms with E-state index in [9.17, 15) is 13.2 Å². The van der Waals surface area contributed by atoms with Gasteiger partial charge in [-0.1, -0.05) is 12.2 Å². The molecule has 1 fully saturated rings. The lowest BCUT2D eigenvalue weighted by Gasteiger charge is -2.50. The first-order valence-electron chi connectivity index (χ1n) is 8.65. The predicted octanol–water partition coefficient (Wildman–Crippen LogP) is 2.91. The van der Waals surface area contributed by atoms with Crippen LogP contribution >= 0.6 is 0 Å². The fourth-order valence-electron chi connectivity index (χ4n) is 4.18. The number of fused-ring (bicyclic) bond motifs is 1. The van der Waals surface area contributed by atoms with Gasteiger partial charge in [0.25, 0.3) is 0 Å². The summed E-state index contributed by atoms with van der Waals surface area (Å²) < 4.78 is 42.0. The Balaban J connectivity index is 1.59. The number of rotatable bonds is 1. The molecule has 2 aromatic rings. The number of pyridine rings is 1. The molecule has 2 atom stereocenters. The van der Waals surface area contributed by atoms with E-state index in [0.29, 0.717) is 30.9 Å². The molecule has 138 valence electrons. The Labute approximate surface area is 153 Å². The molecule has 1 saturated heterocycles. The number of aromatic nitrogens is 1. The second-order valence-electron chi connectivity index (χ2n) is 7.02. The van der Waals surface area contributed by atoms with E-state index in [-0.39, 0.29) is 12.2 Å². The lowest BCUT2D eigenvalue weighted by Crippen LogP contribution is -2.69. The highest BCUT2D eigenvalue weighted by Crippen LogP contribution is 2.44. The van der Waals surface area contributed by atoms with Gasteiger partial charge in [-0.25, -0.2) is 23.1 Å². The molecule has 0 saturated carbocycles. The van der Waals surface area contributed by atoms with Gasteiger partial charge in [0.2, 0.25) is 0 Å². The Morgan fingerprint density at radius 2 is 1.96 bits per heavy atom. The van der Waals surface area contributed by atoms with Crippen LogP contribution in [0.2, 0.25) is 0 Å². The van der Waals surface area contributed by atoms with E-state index in [2.05, 4.69) is 20.6 Å². The van der Waals surface area contributed by atoms with Crippen LogP contribution in [0.15, 0.2) is 41.5 Å². The number of hydrogen-bond acceptors (Lipinski definition) is 5. The highest BCUT2D eigenvalue weighted by molar-refractivity contribution is 5.74. The molecule has 3 aliphatic rings. The molecule has 1 aromatic heterocycles. The number of halogens is 3. The van der Waals surface area contributed by atoms with Crippen molar-refractivity contribution in [2.45, 2.75) is 17.6 Å². The minimum atomic E-state index is -0.938. The summed E-state index contributed by atoms with van der Waals surface area (Å²) in [5.74, 6) is -2.13. The highest BCUT2D eigenvalue weighted by Gasteiger charge is 2.57. The van der Waals surface area contributed by atoms with Crippen molar-refractivity contribution < 1.29 is 13.2 Å². The summed E-state index contributed by atoms with van der Waals surface area (Å²) >= 11 is 0. The van der Waals surface area contributed by atoms with Gasteiger partial charge in [-0.05, 0) is 18.6 Å². The molecular weight excluding hydrogens is 355 g/mol. The zero-order chi connectivity index (χ0) is 18.6. The van der Waals surface area contributed by atoms with Gasteiger partial charge in [-0.3, -0.25) is 0 Å². The maximum Gasteiger partial charge on any atom is 0.176 e. The fraction of sp³-hybridized carbons (Fsp3) is 0.263. The minimum absolute atomic E-state index is 0.191. The topological polar surface area (TPSA) is 52.6 Å². The predicted molar refractivity (Wildman–Crippen MR) is 97.1 cm³/mol. The SMILES string of the molecule is Fc1cc(F)c(N2CCC34C=Cc5cccnc5NC3(C2)N=CN4)c(F)c1. The molecule has 2 N–H and O–H groups in total. The summed E-state index contributed by atoms with van der Waals surface area (Å²) in [5.41, 5.74) is -0.765. The highest BCUT2D eigenvalue weighted by atomic mass is 19.1. The second kappa shape index (κ2) is 5.48. The van der Waals surface area contributed by atoms with E-state index in [4.69, 9.17) is 0 Å². The maximum atomic E-state index is 14.4.